The highest BCUT2D eigenvalue weighted by Gasteiger charge is 2.43. The predicted molar refractivity (Wildman–Crippen MR) is 82.1 cm³/mol. The first-order valence-electron chi connectivity index (χ1n) is 6.80. The molecule has 0 spiro atoms. The number of halogens is 1. The summed E-state index contributed by atoms with van der Waals surface area (Å²) < 4.78 is 0. The second-order valence-corrected chi connectivity index (χ2v) is 5.70. The van der Waals surface area contributed by atoms with Gasteiger partial charge >= 0.3 is 6.03 Å². The Balaban J connectivity index is 0.00000400. The van der Waals surface area contributed by atoms with Crippen molar-refractivity contribution in [1.29, 1.82) is 0 Å². The van der Waals surface area contributed by atoms with E-state index in [1.807, 2.05) is 6.92 Å². The smallest absolute Gasteiger partial charge is 0.325 e. The maximum atomic E-state index is 11.9. The maximum Gasteiger partial charge on any atom is 0.325 e. The van der Waals surface area contributed by atoms with Crippen molar-refractivity contribution in [2.75, 3.05) is 20.1 Å². The Kier molecular flexibility index (Phi) is 7.12. The molecular weight excluding hydrogens is 296 g/mol. The molecule has 1 saturated heterocycles. The summed E-state index contributed by atoms with van der Waals surface area (Å²) in [6.45, 7) is 5.86. The van der Waals surface area contributed by atoms with Crippen LogP contribution in [0.1, 0.15) is 33.6 Å². The molecule has 0 aromatic rings. The molecule has 0 radical (unpaired) electrons. The zero-order valence-electron chi connectivity index (χ0n) is 13.0. The van der Waals surface area contributed by atoms with Crippen molar-refractivity contribution in [3.8, 4) is 0 Å². The van der Waals surface area contributed by atoms with Crippen LogP contribution in [0, 0.1) is 0 Å². The number of nitrogens with one attached hydrogen (secondary N) is 1. The molecule has 122 valence electrons. The molecule has 1 aliphatic rings. The Morgan fingerprint density at radius 1 is 1.43 bits per heavy atom. The SMILES string of the molecule is CC(CN)N(C)C(=O)CCCN1C(=O)NC(C)(C)C1=O.Cl. The first-order valence-corrected chi connectivity index (χ1v) is 6.80. The second-order valence-electron chi connectivity index (χ2n) is 5.70. The van der Waals surface area contributed by atoms with Gasteiger partial charge in [0.1, 0.15) is 5.54 Å². The highest BCUT2D eigenvalue weighted by molar-refractivity contribution is 6.06. The van der Waals surface area contributed by atoms with Gasteiger partial charge in [0.25, 0.3) is 5.91 Å². The number of rotatable bonds is 6. The molecule has 3 N–H and O–H groups in total. The summed E-state index contributed by atoms with van der Waals surface area (Å²) in [6, 6.07) is -0.408. The molecule has 0 saturated carbocycles. The third-order valence-corrected chi connectivity index (χ3v) is 3.61. The van der Waals surface area contributed by atoms with Gasteiger partial charge in [-0.15, -0.1) is 12.4 Å². The summed E-state index contributed by atoms with van der Waals surface area (Å²) in [5.74, 6) is -0.284. The van der Waals surface area contributed by atoms with Crippen molar-refractivity contribution in [3.05, 3.63) is 0 Å². The minimum Gasteiger partial charge on any atom is -0.342 e. The molecule has 7 nitrogen and oxygen atoms in total. The fraction of sp³-hybridized carbons (Fsp3) is 0.769. The van der Waals surface area contributed by atoms with Gasteiger partial charge in [0.05, 0.1) is 0 Å². The second kappa shape index (κ2) is 7.61. The number of nitrogens with zero attached hydrogens (tertiary/aromatic N) is 2. The number of carbonyl (C=O) groups excluding carboxylic acids is 3. The zero-order valence-corrected chi connectivity index (χ0v) is 13.8. The molecule has 1 atom stereocenters. The molecule has 21 heavy (non-hydrogen) atoms. The van der Waals surface area contributed by atoms with Crippen molar-refractivity contribution in [1.82, 2.24) is 15.1 Å². The molecule has 0 bridgehead atoms. The third-order valence-electron chi connectivity index (χ3n) is 3.61. The summed E-state index contributed by atoms with van der Waals surface area (Å²) in [5, 5.41) is 2.61. The predicted octanol–water partition coefficient (Wildman–Crippen LogP) is 0.324. The van der Waals surface area contributed by atoms with E-state index in [2.05, 4.69) is 5.32 Å². The number of hydrogen-bond acceptors (Lipinski definition) is 4. The molecule has 1 heterocycles. The van der Waals surface area contributed by atoms with Crippen LogP contribution in [0.15, 0.2) is 0 Å². The molecule has 8 heteroatoms. The molecule has 0 aromatic heterocycles. The van der Waals surface area contributed by atoms with Crippen molar-refractivity contribution in [2.24, 2.45) is 5.73 Å². The van der Waals surface area contributed by atoms with Crippen LogP contribution < -0.4 is 11.1 Å². The zero-order chi connectivity index (χ0) is 15.5. The van der Waals surface area contributed by atoms with E-state index >= 15 is 0 Å². The van der Waals surface area contributed by atoms with Gasteiger partial charge in [-0.1, -0.05) is 0 Å². The third kappa shape index (κ3) is 4.57. The average molecular weight is 321 g/mol. The minimum atomic E-state index is -0.855. The summed E-state index contributed by atoms with van der Waals surface area (Å²) in [7, 11) is 1.71. The van der Waals surface area contributed by atoms with Gasteiger partial charge in [-0.3, -0.25) is 14.5 Å². The topological polar surface area (TPSA) is 95.7 Å². The van der Waals surface area contributed by atoms with Crippen LogP contribution in [-0.2, 0) is 9.59 Å². The summed E-state index contributed by atoms with van der Waals surface area (Å²) in [5.41, 5.74) is 4.65. The fourth-order valence-electron chi connectivity index (χ4n) is 1.99. The molecule has 0 aromatic carbocycles. The Labute approximate surface area is 131 Å². The standard InChI is InChI=1S/C13H24N4O3.ClH/c1-9(8-14)16(4)10(18)6-5-7-17-11(19)13(2,3)15-12(17)20;/h9H,5-8,14H2,1-4H3,(H,15,20);1H. The molecule has 1 aliphatic heterocycles. The number of imide groups is 1. The molecular formula is C13H25ClN4O3. The molecule has 4 amide bonds. The van der Waals surface area contributed by atoms with Gasteiger partial charge in [0, 0.05) is 32.6 Å². The molecule has 0 aliphatic carbocycles. The van der Waals surface area contributed by atoms with E-state index in [1.165, 1.54) is 4.90 Å². The Bertz CT molecular complexity index is 414. The number of likely N-dealkylation sites (N-methyl/N-ethyl adjacent to an activating group) is 1. The number of nitrogens with two attached hydrogens (primary N) is 1. The van der Waals surface area contributed by atoms with Crippen molar-refractivity contribution in [2.45, 2.75) is 45.2 Å². The monoisotopic (exact) mass is 320 g/mol. The van der Waals surface area contributed by atoms with Crippen LogP contribution in [-0.4, -0.2) is 59.4 Å². The molecule has 1 unspecified atom stereocenters. The Hall–Kier alpha value is -1.34. The van der Waals surface area contributed by atoms with Crippen LogP contribution in [0.5, 0.6) is 0 Å². The normalized spacial score (nSPS) is 18.0. The van der Waals surface area contributed by atoms with Gasteiger partial charge in [0.15, 0.2) is 0 Å². The van der Waals surface area contributed by atoms with Gasteiger partial charge in [0.2, 0.25) is 5.91 Å². The van der Waals surface area contributed by atoms with Gasteiger partial charge in [-0.05, 0) is 27.2 Å². The van der Waals surface area contributed by atoms with Gasteiger partial charge in [-0.25, -0.2) is 4.79 Å². The number of urea groups is 1. The quantitative estimate of drug-likeness (QED) is 0.689. The highest BCUT2D eigenvalue weighted by Crippen LogP contribution is 2.17. The minimum absolute atomic E-state index is 0. The summed E-state index contributed by atoms with van der Waals surface area (Å²) in [4.78, 5) is 38.2. The fourth-order valence-corrected chi connectivity index (χ4v) is 1.99. The van der Waals surface area contributed by atoms with E-state index in [1.54, 1.807) is 25.8 Å². The van der Waals surface area contributed by atoms with E-state index in [9.17, 15) is 14.4 Å². The van der Waals surface area contributed by atoms with E-state index < -0.39 is 11.6 Å². The van der Waals surface area contributed by atoms with E-state index in [-0.39, 0.29) is 36.8 Å². The number of amides is 4. The lowest BCUT2D eigenvalue weighted by Crippen LogP contribution is -2.41. The van der Waals surface area contributed by atoms with E-state index in [0.29, 0.717) is 19.4 Å². The van der Waals surface area contributed by atoms with Crippen LogP contribution >= 0.6 is 12.4 Å². The molecule has 1 fully saturated rings. The van der Waals surface area contributed by atoms with Crippen molar-refractivity contribution in [3.63, 3.8) is 0 Å². The van der Waals surface area contributed by atoms with Crippen LogP contribution in [0.2, 0.25) is 0 Å². The van der Waals surface area contributed by atoms with E-state index in [4.69, 9.17) is 5.73 Å². The average Bonchev–Trinajstić information content (AvgIpc) is 2.58. The van der Waals surface area contributed by atoms with Crippen molar-refractivity contribution >= 4 is 30.3 Å². The number of hydrogen-bond donors (Lipinski definition) is 2. The molecule has 1 rings (SSSR count). The maximum absolute atomic E-state index is 11.9. The van der Waals surface area contributed by atoms with Crippen LogP contribution in [0.3, 0.4) is 0 Å². The van der Waals surface area contributed by atoms with Crippen LogP contribution in [0.25, 0.3) is 0 Å². The Morgan fingerprint density at radius 3 is 2.43 bits per heavy atom. The highest BCUT2D eigenvalue weighted by atomic mass is 35.5. The summed E-state index contributed by atoms with van der Waals surface area (Å²) >= 11 is 0. The first kappa shape index (κ1) is 19.7. The summed E-state index contributed by atoms with van der Waals surface area (Å²) in [6.07, 6.45) is 0.744. The van der Waals surface area contributed by atoms with Crippen molar-refractivity contribution < 1.29 is 14.4 Å². The number of carbonyl (C=O) groups is 3. The lowest BCUT2D eigenvalue weighted by atomic mass is 10.1. The van der Waals surface area contributed by atoms with E-state index in [0.717, 1.165) is 0 Å². The van der Waals surface area contributed by atoms with Crippen LogP contribution in [0.4, 0.5) is 4.79 Å². The Morgan fingerprint density at radius 2 is 2.00 bits per heavy atom. The largest absolute Gasteiger partial charge is 0.342 e. The first-order chi connectivity index (χ1) is 9.20. The van der Waals surface area contributed by atoms with Gasteiger partial charge < -0.3 is 16.0 Å². The lowest BCUT2D eigenvalue weighted by molar-refractivity contribution is -0.133. The van der Waals surface area contributed by atoms with Gasteiger partial charge in [-0.2, -0.15) is 0 Å². The lowest BCUT2D eigenvalue weighted by Gasteiger charge is -2.24.